The maximum absolute atomic E-state index is 12.6. The van der Waals surface area contributed by atoms with Gasteiger partial charge in [-0.15, -0.1) is 0 Å². The number of carbonyl (C=O) groups excluding carboxylic acids is 1. The van der Waals surface area contributed by atoms with Crippen LogP contribution in [0.4, 0.5) is 5.69 Å². The lowest BCUT2D eigenvalue weighted by molar-refractivity contribution is 0.102. The Morgan fingerprint density at radius 1 is 1.30 bits per heavy atom. The van der Waals surface area contributed by atoms with Crippen LogP contribution in [-0.4, -0.2) is 39.3 Å². The van der Waals surface area contributed by atoms with E-state index in [2.05, 4.69) is 15.3 Å². The van der Waals surface area contributed by atoms with Crippen molar-refractivity contribution in [1.82, 2.24) is 19.3 Å². The van der Waals surface area contributed by atoms with Crippen molar-refractivity contribution in [2.45, 2.75) is 6.54 Å². The standard InChI is InChI=1S/C16H16ClN5O/c1-21(2)10-12-14(20-13-7-3-4-9-22(12)13)16(23)19-11-6-5-8-18-15(11)17/h3-9H,10H2,1-2H3,(H,19,23). The van der Waals surface area contributed by atoms with Gasteiger partial charge in [0.05, 0.1) is 11.4 Å². The lowest BCUT2D eigenvalue weighted by atomic mass is 10.2. The van der Waals surface area contributed by atoms with Gasteiger partial charge in [0, 0.05) is 18.9 Å². The van der Waals surface area contributed by atoms with Gasteiger partial charge in [0.15, 0.2) is 10.8 Å². The number of fused-ring (bicyclic) bond motifs is 1. The quantitative estimate of drug-likeness (QED) is 0.748. The monoisotopic (exact) mass is 329 g/mol. The van der Waals surface area contributed by atoms with Gasteiger partial charge in [-0.25, -0.2) is 9.97 Å². The molecule has 0 aliphatic carbocycles. The van der Waals surface area contributed by atoms with Crippen molar-refractivity contribution < 1.29 is 4.79 Å². The summed E-state index contributed by atoms with van der Waals surface area (Å²) in [5.74, 6) is -0.305. The van der Waals surface area contributed by atoms with Gasteiger partial charge < -0.3 is 14.6 Å². The van der Waals surface area contributed by atoms with Crippen molar-refractivity contribution >= 4 is 28.8 Å². The average Bonchev–Trinajstić information content (AvgIpc) is 2.88. The molecule has 0 aromatic carbocycles. The van der Waals surface area contributed by atoms with E-state index in [0.29, 0.717) is 17.9 Å². The molecule has 0 saturated heterocycles. The van der Waals surface area contributed by atoms with Gasteiger partial charge in [-0.05, 0) is 38.4 Å². The maximum atomic E-state index is 12.6. The minimum atomic E-state index is -0.305. The molecule has 0 spiro atoms. The van der Waals surface area contributed by atoms with Crippen LogP contribution >= 0.6 is 11.6 Å². The Morgan fingerprint density at radius 2 is 2.13 bits per heavy atom. The number of hydrogen-bond acceptors (Lipinski definition) is 4. The molecular formula is C16H16ClN5O. The third kappa shape index (κ3) is 3.18. The summed E-state index contributed by atoms with van der Waals surface area (Å²) in [6, 6.07) is 9.09. The minimum absolute atomic E-state index is 0.249. The molecule has 3 heterocycles. The van der Waals surface area contributed by atoms with Crippen LogP contribution in [0, 0.1) is 0 Å². The summed E-state index contributed by atoms with van der Waals surface area (Å²) in [5, 5.41) is 3.02. The van der Waals surface area contributed by atoms with E-state index in [0.717, 1.165) is 11.3 Å². The number of rotatable bonds is 4. The van der Waals surface area contributed by atoms with E-state index in [4.69, 9.17) is 11.6 Å². The third-order valence-corrected chi connectivity index (χ3v) is 3.62. The SMILES string of the molecule is CN(C)Cc1c(C(=O)Nc2cccnc2Cl)nc2ccccn12. The van der Waals surface area contributed by atoms with Gasteiger partial charge in [0.1, 0.15) is 5.65 Å². The highest BCUT2D eigenvalue weighted by atomic mass is 35.5. The van der Waals surface area contributed by atoms with Crippen LogP contribution in [0.3, 0.4) is 0 Å². The van der Waals surface area contributed by atoms with E-state index >= 15 is 0 Å². The lowest BCUT2D eigenvalue weighted by Gasteiger charge is -2.11. The number of aromatic nitrogens is 3. The highest BCUT2D eigenvalue weighted by molar-refractivity contribution is 6.32. The molecule has 1 amide bonds. The Labute approximate surface area is 138 Å². The van der Waals surface area contributed by atoms with Crippen molar-refractivity contribution in [1.29, 1.82) is 0 Å². The van der Waals surface area contributed by atoms with E-state index in [1.807, 2.05) is 47.8 Å². The van der Waals surface area contributed by atoms with E-state index in [-0.39, 0.29) is 11.1 Å². The molecule has 0 fully saturated rings. The average molecular weight is 330 g/mol. The number of anilines is 1. The smallest absolute Gasteiger partial charge is 0.276 e. The molecule has 3 aromatic rings. The molecular weight excluding hydrogens is 314 g/mol. The topological polar surface area (TPSA) is 62.5 Å². The fourth-order valence-electron chi connectivity index (χ4n) is 2.34. The molecule has 118 valence electrons. The van der Waals surface area contributed by atoms with Crippen LogP contribution in [-0.2, 0) is 6.54 Å². The van der Waals surface area contributed by atoms with Crippen LogP contribution in [0.15, 0.2) is 42.7 Å². The van der Waals surface area contributed by atoms with Crippen molar-refractivity contribution in [3.05, 3.63) is 59.3 Å². The zero-order chi connectivity index (χ0) is 16.4. The van der Waals surface area contributed by atoms with Crippen molar-refractivity contribution in [2.75, 3.05) is 19.4 Å². The van der Waals surface area contributed by atoms with Crippen LogP contribution in [0.5, 0.6) is 0 Å². The molecule has 0 aliphatic heterocycles. The van der Waals surface area contributed by atoms with Gasteiger partial charge in [-0.2, -0.15) is 0 Å². The predicted octanol–water partition coefficient (Wildman–Crippen LogP) is 2.70. The number of hydrogen-bond donors (Lipinski definition) is 1. The van der Waals surface area contributed by atoms with Crippen molar-refractivity contribution in [3.63, 3.8) is 0 Å². The van der Waals surface area contributed by atoms with Crippen LogP contribution < -0.4 is 5.32 Å². The number of halogens is 1. The van der Waals surface area contributed by atoms with Crippen LogP contribution in [0.25, 0.3) is 5.65 Å². The molecule has 0 aliphatic rings. The highest BCUT2D eigenvalue weighted by Crippen LogP contribution is 2.20. The second-order valence-electron chi connectivity index (χ2n) is 5.37. The first-order chi connectivity index (χ1) is 11.1. The van der Waals surface area contributed by atoms with E-state index < -0.39 is 0 Å². The summed E-state index contributed by atoms with van der Waals surface area (Å²) >= 11 is 6.00. The molecule has 0 unspecified atom stereocenters. The van der Waals surface area contributed by atoms with E-state index in [1.165, 1.54) is 0 Å². The molecule has 1 N–H and O–H groups in total. The second kappa shape index (κ2) is 6.36. The van der Waals surface area contributed by atoms with Gasteiger partial charge in [0.2, 0.25) is 0 Å². The molecule has 3 rings (SSSR count). The highest BCUT2D eigenvalue weighted by Gasteiger charge is 2.20. The Bertz CT molecular complexity index is 859. The summed E-state index contributed by atoms with van der Waals surface area (Å²) < 4.78 is 1.92. The van der Waals surface area contributed by atoms with Gasteiger partial charge in [-0.1, -0.05) is 17.7 Å². The Hall–Kier alpha value is -2.44. The molecule has 6 nitrogen and oxygen atoms in total. The maximum Gasteiger partial charge on any atom is 0.276 e. The first-order valence-corrected chi connectivity index (χ1v) is 7.46. The van der Waals surface area contributed by atoms with E-state index in [9.17, 15) is 4.79 Å². The third-order valence-electron chi connectivity index (χ3n) is 3.32. The van der Waals surface area contributed by atoms with Crippen molar-refractivity contribution in [3.8, 4) is 0 Å². The number of amides is 1. The fraction of sp³-hybridized carbons (Fsp3) is 0.188. The normalized spacial score (nSPS) is 11.1. The molecule has 0 saturated carbocycles. The Kier molecular flexibility index (Phi) is 4.27. The summed E-state index contributed by atoms with van der Waals surface area (Å²) in [4.78, 5) is 23.0. The number of carbonyl (C=O) groups is 1. The first-order valence-electron chi connectivity index (χ1n) is 7.09. The molecule has 7 heteroatoms. The largest absolute Gasteiger partial charge is 0.318 e. The Balaban J connectivity index is 2.01. The number of nitrogens with one attached hydrogen (secondary N) is 1. The minimum Gasteiger partial charge on any atom is -0.318 e. The fourth-order valence-corrected chi connectivity index (χ4v) is 2.51. The molecule has 0 radical (unpaired) electrons. The first kappa shape index (κ1) is 15.5. The summed E-state index contributed by atoms with van der Waals surface area (Å²) in [7, 11) is 3.89. The predicted molar refractivity (Wildman–Crippen MR) is 89.8 cm³/mol. The Morgan fingerprint density at radius 3 is 2.87 bits per heavy atom. The van der Waals surface area contributed by atoms with Crippen LogP contribution in [0.1, 0.15) is 16.2 Å². The summed E-state index contributed by atoms with van der Waals surface area (Å²) in [6.07, 6.45) is 3.47. The molecule has 23 heavy (non-hydrogen) atoms. The van der Waals surface area contributed by atoms with Gasteiger partial charge >= 0.3 is 0 Å². The summed E-state index contributed by atoms with van der Waals surface area (Å²) in [6.45, 7) is 0.592. The van der Waals surface area contributed by atoms with E-state index in [1.54, 1.807) is 18.3 Å². The zero-order valence-electron chi connectivity index (χ0n) is 12.8. The number of pyridine rings is 2. The number of imidazole rings is 1. The molecule has 3 aromatic heterocycles. The summed E-state index contributed by atoms with van der Waals surface area (Å²) in [5.41, 5.74) is 2.40. The second-order valence-corrected chi connectivity index (χ2v) is 5.73. The lowest BCUT2D eigenvalue weighted by Crippen LogP contribution is -2.19. The van der Waals surface area contributed by atoms with Crippen molar-refractivity contribution in [2.24, 2.45) is 0 Å². The molecule has 0 atom stereocenters. The van der Waals surface area contributed by atoms with Crippen LogP contribution in [0.2, 0.25) is 5.15 Å². The molecule has 0 bridgehead atoms. The van der Waals surface area contributed by atoms with Gasteiger partial charge in [-0.3, -0.25) is 4.79 Å². The number of nitrogens with zero attached hydrogens (tertiary/aromatic N) is 4. The van der Waals surface area contributed by atoms with Gasteiger partial charge in [0.25, 0.3) is 5.91 Å². The zero-order valence-corrected chi connectivity index (χ0v) is 13.6.